The molecular weight excluding hydrogens is 424 g/mol. The molecule has 0 spiro atoms. The van der Waals surface area contributed by atoms with Crippen LogP contribution in [0.15, 0.2) is 132 Å². The zero-order valence-electron chi connectivity index (χ0n) is 19.2. The van der Waals surface area contributed by atoms with Crippen molar-refractivity contribution in [3.8, 4) is 0 Å². The summed E-state index contributed by atoms with van der Waals surface area (Å²) < 4.78 is 0. The molecule has 1 aliphatic heterocycles. The highest BCUT2D eigenvalue weighted by Gasteiger charge is 2.32. The molecule has 1 aliphatic rings. The van der Waals surface area contributed by atoms with E-state index in [0.29, 0.717) is 0 Å². The second-order valence-electron chi connectivity index (χ2n) is 9.32. The van der Waals surface area contributed by atoms with Crippen LogP contribution in [0.2, 0.25) is 0 Å². The fourth-order valence-electron chi connectivity index (χ4n) is 5.30. The molecule has 1 N–H and O–H groups in total. The van der Waals surface area contributed by atoms with Gasteiger partial charge in [0.2, 0.25) is 0 Å². The molecule has 0 bridgehead atoms. The predicted octanol–water partition coefficient (Wildman–Crippen LogP) is 7.98. The number of hydrogen-bond acceptors (Lipinski definition) is 2. The lowest BCUT2D eigenvalue weighted by Gasteiger charge is -2.21. The highest BCUT2D eigenvalue weighted by Crippen LogP contribution is 2.39. The fourth-order valence-corrected chi connectivity index (χ4v) is 5.30. The van der Waals surface area contributed by atoms with Crippen LogP contribution in [-0.2, 0) is 0 Å². The average Bonchev–Trinajstić information content (AvgIpc) is 3.38. The number of nitrogens with zero attached hydrogens (tertiary/aromatic N) is 1. The minimum absolute atomic E-state index is 0.0118. The fraction of sp³-hybridized carbons (Fsp3) is 0.0606. The largest absolute Gasteiger partial charge is 0.361 e. The molecule has 6 aromatic carbocycles. The molecule has 0 unspecified atom stereocenters. The topological polar surface area (TPSA) is 24.4 Å². The summed E-state index contributed by atoms with van der Waals surface area (Å²) in [6.45, 7) is 0. The van der Waals surface area contributed by atoms with Crippen molar-refractivity contribution in [2.24, 2.45) is 4.99 Å². The molecule has 2 heteroatoms. The van der Waals surface area contributed by atoms with Gasteiger partial charge in [0.25, 0.3) is 0 Å². The van der Waals surface area contributed by atoms with E-state index >= 15 is 0 Å². The molecule has 166 valence electrons. The van der Waals surface area contributed by atoms with E-state index < -0.39 is 0 Å². The highest BCUT2D eigenvalue weighted by atomic mass is 15.1. The molecule has 0 fully saturated rings. The second-order valence-corrected chi connectivity index (χ2v) is 9.32. The minimum atomic E-state index is -0.0118. The van der Waals surface area contributed by atoms with Gasteiger partial charge in [-0.3, -0.25) is 4.99 Å². The zero-order chi connectivity index (χ0) is 23.2. The number of hydrogen-bond donors (Lipinski definition) is 1. The predicted molar refractivity (Wildman–Crippen MR) is 147 cm³/mol. The number of aliphatic imine (C=N–C) groups is 1. The lowest BCUT2D eigenvalue weighted by molar-refractivity contribution is 0.573. The van der Waals surface area contributed by atoms with Crippen LogP contribution >= 0.6 is 0 Å². The Kier molecular flexibility index (Phi) is 4.63. The van der Waals surface area contributed by atoms with Gasteiger partial charge in [0.15, 0.2) is 0 Å². The maximum atomic E-state index is 5.29. The number of benzene rings is 6. The monoisotopic (exact) mass is 448 g/mol. The van der Waals surface area contributed by atoms with Crippen LogP contribution in [0, 0.1) is 0 Å². The van der Waals surface area contributed by atoms with Crippen molar-refractivity contribution in [3.05, 3.63) is 144 Å². The van der Waals surface area contributed by atoms with Crippen LogP contribution in [-0.4, -0.2) is 5.84 Å². The summed E-state index contributed by atoms with van der Waals surface area (Å²) in [6.07, 6.45) is 0. The lowest BCUT2D eigenvalue weighted by atomic mass is 9.92. The van der Waals surface area contributed by atoms with Crippen LogP contribution in [0.4, 0.5) is 0 Å². The minimum Gasteiger partial charge on any atom is -0.361 e. The SMILES string of the molecule is c1ccc2cc(C3=N[C@@H](c4ccc5ccccc5c4)[C@H](c4ccc5ccccc5c4)N3)ccc2c1. The molecule has 2 nitrogen and oxygen atoms in total. The Hall–Kier alpha value is -4.43. The summed E-state index contributed by atoms with van der Waals surface area (Å²) in [5, 5.41) is 11.3. The normalized spacial score (nSPS) is 17.5. The van der Waals surface area contributed by atoms with E-state index in [4.69, 9.17) is 4.99 Å². The number of rotatable bonds is 3. The molecule has 0 aromatic heterocycles. The van der Waals surface area contributed by atoms with E-state index in [1.807, 2.05) is 0 Å². The molecule has 0 aliphatic carbocycles. The Morgan fingerprint density at radius 3 is 1.57 bits per heavy atom. The summed E-state index contributed by atoms with van der Waals surface area (Å²) in [5.74, 6) is 0.951. The molecule has 1 heterocycles. The third kappa shape index (κ3) is 3.55. The highest BCUT2D eigenvalue weighted by molar-refractivity contribution is 6.03. The molecule has 0 amide bonds. The number of amidine groups is 1. The van der Waals surface area contributed by atoms with Crippen LogP contribution in [0.5, 0.6) is 0 Å². The van der Waals surface area contributed by atoms with Gasteiger partial charge in [-0.05, 0) is 61.6 Å². The Morgan fingerprint density at radius 1 is 0.457 bits per heavy atom. The molecule has 6 aromatic rings. The lowest BCUT2D eigenvalue weighted by Crippen LogP contribution is -2.25. The zero-order valence-corrected chi connectivity index (χ0v) is 19.2. The Morgan fingerprint density at radius 2 is 0.943 bits per heavy atom. The molecule has 0 saturated carbocycles. The second kappa shape index (κ2) is 8.11. The Bertz CT molecular complexity index is 1750. The van der Waals surface area contributed by atoms with Gasteiger partial charge in [-0.2, -0.15) is 0 Å². The van der Waals surface area contributed by atoms with Crippen LogP contribution in [0.25, 0.3) is 32.3 Å². The van der Waals surface area contributed by atoms with Gasteiger partial charge in [-0.1, -0.05) is 109 Å². The van der Waals surface area contributed by atoms with Crippen LogP contribution in [0.1, 0.15) is 28.8 Å². The summed E-state index contributed by atoms with van der Waals surface area (Å²) in [6, 6.07) is 45.7. The smallest absolute Gasteiger partial charge is 0.129 e. The molecule has 7 rings (SSSR count). The van der Waals surface area contributed by atoms with Gasteiger partial charge in [0.1, 0.15) is 11.9 Å². The maximum absolute atomic E-state index is 5.29. The molecule has 2 atom stereocenters. The van der Waals surface area contributed by atoms with Crippen molar-refractivity contribution in [2.75, 3.05) is 0 Å². The van der Waals surface area contributed by atoms with Gasteiger partial charge < -0.3 is 5.32 Å². The van der Waals surface area contributed by atoms with Gasteiger partial charge in [-0.15, -0.1) is 0 Å². The third-order valence-corrected chi connectivity index (χ3v) is 7.15. The van der Waals surface area contributed by atoms with Crippen LogP contribution in [0.3, 0.4) is 0 Å². The van der Waals surface area contributed by atoms with E-state index in [9.17, 15) is 0 Å². The molecule has 35 heavy (non-hydrogen) atoms. The Balaban J connectivity index is 1.36. The van der Waals surface area contributed by atoms with Crippen LogP contribution < -0.4 is 5.32 Å². The Labute approximate surface area is 204 Å². The first-order chi connectivity index (χ1) is 17.3. The average molecular weight is 449 g/mol. The third-order valence-electron chi connectivity index (χ3n) is 7.15. The maximum Gasteiger partial charge on any atom is 0.129 e. The van der Waals surface area contributed by atoms with E-state index in [0.717, 1.165) is 11.4 Å². The first-order valence-corrected chi connectivity index (χ1v) is 12.1. The van der Waals surface area contributed by atoms with Crippen molar-refractivity contribution < 1.29 is 0 Å². The van der Waals surface area contributed by atoms with E-state index in [1.54, 1.807) is 0 Å². The molecule has 0 radical (unpaired) electrons. The summed E-state index contributed by atoms with van der Waals surface area (Å²) in [5.41, 5.74) is 3.60. The summed E-state index contributed by atoms with van der Waals surface area (Å²) in [7, 11) is 0. The van der Waals surface area contributed by atoms with Gasteiger partial charge >= 0.3 is 0 Å². The quantitative estimate of drug-likeness (QED) is 0.292. The van der Waals surface area contributed by atoms with Crippen molar-refractivity contribution >= 4 is 38.2 Å². The summed E-state index contributed by atoms with van der Waals surface area (Å²) in [4.78, 5) is 5.29. The summed E-state index contributed by atoms with van der Waals surface area (Å²) >= 11 is 0. The number of nitrogens with one attached hydrogen (secondary N) is 1. The first-order valence-electron chi connectivity index (χ1n) is 12.1. The van der Waals surface area contributed by atoms with E-state index in [2.05, 4.69) is 133 Å². The van der Waals surface area contributed by atoms with E-state index in [-0.39, 0.29) is 12.1 Å². The van der Waals surface area contributed by atoms with Gasteiger partial charge in [0.05, 0.1) is 6.04 Å². The number of fused-ring (bicyclic) bond motifs is 3. The standard InChI is InChI=1S/C33H24N2/c1-4-10-25-19-28(16-13-22(25)7-1)31-32(29-17-14-23-8-2-5-11-26(23)20-29)35-33(34-31)30-18-15-24-9-3-6-12-27(24)21-30/h1-21,31-32H,(H,34,35)/t31-,32-/m0/s1. The van der Waals surface area contributed by atoms with E-state index in [1.165, 1.54) is 43.4 Å². The van der Waals surface area contributed by atoms with Crippen molar-refractivity contribution in [1.82, 2.24) is 5.32 Å². The molecular formula is C33H24N2. The van der Waals surface area contributed by atoms with Crippen molar-refractivity contribution in [2.45, 2.75) is 12.1 Å². The van der Waals surface area contributed by atoms with Gasteiger partial charge in [0, 0.05) is 5.56 Å². The van der Waals surface area contributed by atoms with Gasteiger partial charge in [-0.25, -0.2) is 0 Å². The van der Waals surface area contributed by atoms with Crippen molar-refractivity contribution in [1.29, 1.82) is 0 Å². The van der Waals surface area contributed by atoms with Crippen molar-refractivity contribution in [3.63, 3.8) is 0 Å². The first kappa shape index (κ1) is 20.0. The molecule has 0 saturated heterocycles.